The van der Waals surface area contributed by atoms with Crippen molar-refractivity contribution in [2.45, 2.75) is 13.0 Å². The van der Waals surface area contributed by atoms with Crippen molar-refractivity contribution in [2.75, 3.05) is 41.6 Å². The number of carbonyl (C=O) groups is 1. The predicted molar refractivity (Wildman–Crippen MR) is 126 cm³/mol. The van der Waals surface area contributed by atoms with Crippen LogP contribution in [-0.4, -0.2) is 67.7 Å². The lowest BCUT2D eigenvalue weighted by molar-refractivity contribution is 0.0677. The molecule has 1 aliphatic heterocycles. The number of H-pyrrole nitrogens is 1. The lowest BCUT2D eigenvalue weighted by atomic mass is 9.94. The Morgan fingerprint density at radius 3 is 2.35 bits per heavy atom. The molecule has 0 aliphatic carbocycles. The number of phenolic OH excluding ortho intramolecular Hbond substituents is 1. The smallest absolute Gasteiger partial charge is 0.273 e. The van der Waals surface area contributed by atoms with Gasteiger partial charge < -0.3 is 29.0 Å². The van der Waals surface area contributed by atoms with Crippen molar-refractivity contribution in [3.63, 3.8) is 0 Å². The Bertz CT molecular complexity index is 1220. The molecule has 1 unspecified atom stereocenters. The molecule has 0 bridgehead atoms. The number of rotatable bonds is 8. The number of halogens is 1. The van der Waals surface area contributed by atoms with E-state index in [0.29, 0.717) is 57.9 Å². The molecular weight excluding hydrogens is 462 g/mol. The van der Waals surface area contributed by atoms with Crippen molar-refractivity contribution in [3.8, 4) is 34.3 Å². The molecule has 2 heterocycles. The van der Waals surface area contributed by atoms with Gasteiger partial charge >= 0.3 is 0 Å². The summed E-state index contributed by atoms with van der Waals surface area (Å²) in [6.45, 7) is 2.47. The second-order valence-corrected chi connectivity index (χ2v) is 8.24. The maximum atomic E-state index is 13.4. The second-order valence-electron chi connectivity index (χ2n) is 7.83. The zero-order chi connectivity index (χ0) is 24.6. The van der Waals surface area contributed by atoms with E-state index in [1.807, 2.05) is 0 Å². The maximum Gasteiger partial charge on any atom is 0.273 e. The molecule has 1 aliphatic rings. The first-order chi connectivity index (χ1) is 16.4. The van der Waals surface area contributed by atoms with Crippen LogP contribution in [0.5, 0.6) is 23.0 Å². The zero-order valence-corrected chi connectivity index (χ0v) is 20.3. The number of aryl methyl sites for hydroxylation is 1. The molecule has 2 aromatic carbocycles. The van der Waals surface area contributed by atoms with E-state index in [1.165, 1.54) is 21.3 Å². The summed E-state index contributed by atoms with van der Waals surface area (Å²) in [5.74, 6) is 1.13. The summed E-state index contributed by atoms with van der Waals surface area (Å²) < 4.78 is 21.8. The summed E-state index contributed by atoms with van der Waals surface area (Å²) in [5.41, 5.74) is 3.26. The molecule has 0 radical (unpaired) electrons. The quantitative estimate of drug-likeness (QED) is 0.495. The van der Waals surface area contributed by atoms with Gasteiger partial charge in [0.15, 0.2) is 11.5 Å². The molecular formula is C24H26ClN3O6. The van der Waals surface area contributed by atoms with Crippen LogP contribution in [0.2, 0.25) is 5.02 Å². The van der Waals surface area contributed by atoms with Gasteiger partial charge in [-0.1, -0.05) is 11.6 Å². The number of amides is 1. The van der Waals surface area contributed by atoms with E-state index in [-0.39, 0.29) is 11.7 Å². The van der Waals surface area contributed by atoms with Crippen molar-refractivity contribution in [2.24, 2.45) is 0 Å². The molecule has 0 saturated carbocycles. The highest BCUT2D eigenvalue weighted by Crippen LogP contribution is 2.48. The molecule has 4 rings (SSSR count). The number of methoxy groups -OCH3 is 4. The normalized spacial score (nSPS) is 14.9. The summed E-state index contributed by atoms with van der Waals surface area (Å²) in [4.78, 5) is 15.1. The van der Waals surface area contributed by atoms with Crippen LogP contribution in [-0.2, 0) is 4.74 Å². The van der Waals surface area contributed by atoms with E-state index in [2.05, 4.69) is 10.2 Å². The SMILES string of the molecule is COCCN1C(=O)c2[nH]nc(-c3cc(Cl)c(C)cc3O)c2C1c1cc(OC)c(OC)c(OC)c1. The van der Waals surface area contributed by atoms with Crippen molar-refractivity contribution in [1.29, 1.82) is 0 Å². The molecule has 0 fully saturated rings. The van der Waals surface area contributed by atoms with E-state index in [1.54, 1.807) is 43.2 Å². The third kappa shape index (κ3) is 3.80. The number of nitrogens with zero attached hydrogens (tertiary/aromatic N) is 2. The van der Waals surface area contributed by atoms with Gasteiger partial charge in [-0.15, -0.1) is 0 Å². The zero-order valence-electron chi connectivity index (χ0n) is 19.6. The van der Waals surface area contributed by atoms with E-state index < -0.39 is 6.04 Å². The Labute approximate surface area is 202 Å². The Kier molecular flexibility index (Phi) is 6.58. The van der Waals surface area contributed by atoms with Crippen LogP contribution in [0.25, 0.3) is 11.3 Å². The molecule has 3 aromatic rings. The number of hydrogen-bond donors (Lipinski definition) is 2. The second kappa shape index (κ2) is 9.44. The average Bonchev–Trinajstić information content (AvgIpc) is 3.37. The highest BCUT2D eigenvalue weighted by molar-refractivity contribution is 6.31. The first-order valence-corrected chi connectivity index (χ1v) is 10.9. The number of aromatic nitrogens is 2. The molecule has 0 spiro atoms. The lowest BCUT2D eigenvalue weighted by Crippen LogP contribution is -2.32. The van der Waals surface area contributed by atoms with Crippen LogP contribution in [0.1, 0.15) is 33.2 Å². The number of aromatic hydroxyl groups is 1. The molecule has 1 amide bonds. The molecule has 180 valence electrons. The average molecular weight is 488 g/mol. The first kappa shape index (κ1) is 23.7. The van der Waals surface area contributed by atoms with Crippen LogP contribution in [0.15, 0.2) is 24.3 Å². The fraction of sp³-hybridized carbons (Fsp3) is 0.333. The molecule has 9 nitrogen and oxygen atoms in total. The van der Waals surface area contributed by atoms with Gasteiger partial charge in [-0.3, -0.25) is 9.89 Å². The molecule has 10 heteroatoms. The number of fused-ring (bicyclic) bond motifs is 1. The maximum absolute atomic E-state index is 13.4. The molecule has 1 aromatic heterocycles. The summed E-state index contributed by atoms with van der Waals surface area (Å²) in [6, 6.07) is 6.27. The van der Waals surface area contributed by atoms with Gasteiger partial charge in [0.2, 0.25) is 5.75 Å². The van der Waals surface area contributed by atoms with E-state index in [0.717, 1.165) is 11.1 Å². The topological polar surface area (TPSA) is 106 Å². The molecule has 2 N–H and O–H groups in total. The van der Waals surface area contributed by atoms with Crippen LogP contribution < -0.4 is 14.2 Å². The Morgan fingerprint density at radius 2 is 1.76 bits per heavy atom. The number of carbonyl (C=O) groups excluding carboxylic acids is 1. The number of aromatic amines is 1. The molecule has 34 heavy (non-hydrogen) atoms. The Morgan fingerprint density at radius 1 is 1.09 bits per heavy atom. The summed E-state index contributed by atoms with van der Waals surface area (Å²) in [5, 5.41) is 18.4. The highest BCUT2D eigenvalue weighted by Gasteiger charge is 2.43. The van der Waals surface area contributed by atoms with Gasteiger partial charge in [0.25, 0.3) is 5.91 Å². The summed E-state index contributed by atoms with van der Waals surface area (Å²) in [7, 11) is 6.17. The Balaban J connectivity index is 1.95. The number of phenols is 1. The predicted octanol–water partition coefficient (Wildman–Crippen LogP) is 3.96. The van der Waals surface area contributed by atoms with E-state index in [4.69, 9.17) is 30.5 Å². The third-order valence-electron chi connectivity index (χ3n) is 5.93. The fourth-order valence-electron chi connectivity index (χ4n) is 4.28. The number of ether oxygens (including phenoxy) is 4. The fourth-order valence-corrected chi connectivity index (χ4v) is 4.45. The van der Waals surface area contributed by atoms with Crippen molar-refractivity contribution < 1.29 is 28.8 Å². The van der Waals surface area contributed by atoms with Crippen LogP contribution >= 0.6 is 11.6 Å². The van der Waals surface area contributed by atoms with Crippen LogP contribution in [0.4, 0.5) is 0 Å². The minimum atomic E-state index is -0.556. The van der Waals surface area contributed by atoms with Gasteiger partial charge in [-0.05, 0) is 42.3 Å². The highest BCUT2D eigenvalue weighted by atomic mass is 35.5. The van der Waals surface area contributed by atoms with Gasteiger partial charge in [0.1, 0.15) is 17.1 Å². The van der Waals surface area contributed by atoms with E-state index >= 15 is 0 Å². The van der Waals surface area contributed by atoms with Crippen LogP contribution in [0, 0.1) is 6.92 Å². The number of benzene rings is 2. The summed E-state index contributed by atoms with van der Waals surface area (Å²) in [6.07, 6.45) is 0. The molecule has 0 saturated heterocycles. The van der Waals surface area contributed by atoms with E-state index in [9.17, 15) is 9.90 Å². The van der Waals surface area contributed by atoms with Gasteiger partial charge in [0, 0.05) is 29.8 Å². The van der Waals surface area contributed by atoms with Crippen molar-refractivity contribution >= 4 is 17.5 Å². The largest absolute Gasteiger partial charge is 0.507 e. The minimum Gasteiger partial charge on any atom is -0.507 e. The van der Waals surface area contributed by atoms with Gasteiger partial charge in [0.05, 0.1) is 34.0 Å². The Hall–Kier alpha value is -3.43. The van der Waals surface area contributed by atoms with Gasteiger partial charge in [-0.25, -0.2) is 0 Å². The van der Waals surface area contributed by atoms with Crippen LogP contribution in [0.3, 0.4) is 0 Å². The third-order valence-corrected chi connectivity index (χ3v) is 6.34. The first-order valence-electron chi connectivity index (χ1n) is 10.5. The lowest BCUT2D eigenvalue weighted by Gasteiger charge is -2.27. The van der Waals surface area contributed by atoms with Crippen molar-refractivity contribution in [1.82, 2.24) is 15.1 Å². The molecule has 1 atom stereocenters. The van der Waals surface area contributed by atoms with Crippen molar-refractivity contribution in [3.05, 3.63) is 51.7 Å². The standard InChI is InChI=1S/C24H26ClN3O6/c1-12-8-16(29)14(11-15(12)25)20-19-21(27-26-20)24(30)28(6-7-31-2)22(19)13-9-17(32-3)23(34-5)18(10-13)33-4/h8-11,22,29H,6-7H2,1-5H3,(H,26,27). The van der Waals surface area contributed by atoms with Gasteiger partial charge in [-0.2, -0.15) is 5.10 Å². The number of hydrogen-bond acceptors (Lipinski definition) is 7. The number of nitrogens with one attached hydrogen (secondary N) is 1. The monoisotopic (exact) mass is 487 g/mol. The minimum absolute atomic E-state index is 0.0163. The summed E-state index contributed by atoms with van der Waals surface area (Å²) >= 11 is 6.36.